The number of nitrogen functional groups attached to an aromatic ring is 1. The molecule has 0 spiro atoms. The van der Waals surface area contributed by atoms with E-state index in [1.165, 1.54) is 16.8 Å². The maximum Gasteiger partial charge on any atom is 0.128 e. The molecule has 90 valence electrons. The Morgan fingerprint density at radius 3 is 1.94 bits per heavy atom. The molecule has 2 N–H and O–H groups in total. The molecule has 0 unspecified atom stereocenters. The standard InChI is InChI=1S/C13H23N3/c1-6-9-11(8-3)15-13(14)10(7-2)12(9)16(4)5/h6-8H2,1-5H3,(H2,14,15). The molecule has 0 saturated heterocycles. The van der Waals surface area contributed by atoms with Crippen LogP contribution >= 0.6 is 0 Å². The van der Waals surface area contributed by atoms with Gasteiger partial charge in [0.05, 0.1) is 0 Å². The molecule has 3 heteroatoms. The van der Waals surface area contributed by atoms with Crippen molar-refractivity contribution in [2.24, 2.45) is 0 Å². The maximum absolute atomic E-state index is 6.03. The van der Waals surface area contributed by atoms with E-state index in [2.05, 4.69) is 44.8 Å². The van der Waals surface area contributed by atoms with Crippen LogP contribution in [0.15, 0.2) is 0 Å². The fraction of sp³-hybridized carbons (Fsp3) is 0.615. The second kappa shape index (κ2) is 5.19. The summed E-state index contributed by atoms with van der Waals surface area (Å²) in [5.41, 5.74) is 11.0. The van der Waals surface area contributed by atoms with Crippen LogP contribution in [0.2, 0.25) is 0 Å². The molecule has 0 radical (unpaired) electrons. The molecular weight excluding hydrogens is 198 g/mol. The lowest BCUT2D eigenvalue weighted by molar-refractivity contribution is 0.926. The van der Waals surface area contributed by atoms with E-state index in [1.54, 1.807) is 0 Å². The van der Waals surface area contributed by atoms with Crippen molar-refractivity contribution in [3.8, 4) is 0 Å². The van der Waals surface area contributed by atoms with Gasteiger partial charge in [0.1, 0.15) is 5.82 Å². The number of nitrogens with two attached hydrogens (primary N) is 1. The Hall–Kier alpha value is -1.25. The Labute approximate surface area is 98.7 Å². The van der Waals surface area contributed by atoms with Crippen LogP contribution in [0.3, 0.4) is 0 Å². The molecule has 3 nitrogen and oxygen atoms in total. The predicted octanol–water partition coefficient (Wildman–Crippen LogP) is 2.42. The average molecular weight is 221 g/mol. The van der Waals surface area contributed by atoms with E-state index >= 15 is 0 Å². The molecule has 0 aliphatic rings. The highest BCUT2D eigenvalue weighted by atomic mass is 15.1. The summed E-state index contributed by atoms with van der Waals surface area (Å²) in [6.45, 7) is 6.44. The predicted molar refractivity (Wildman–Crippen MR) is 71.1 cm³/mol. The van der Waals surface area contributed by atoms with Gasteiger partial charge in [-0.15, -0.1) is 0 Å². The minimum Gasteiger partial charge on any atom is -0.383 e. The number of hydrogen-bond donors (Lipinski definition) is 1. The third-order valence-electron chi connectivity index (χ3n) is 2.97. The Bertz CT molecular complexity index is 370. The van der Waals surface area contributed by atoms with Crippen LogP contribution in [0.5, 0.6) is 0 Å². The molecule has 0 amide bonds. The average Bonchev–Trinajstić information content (AvgIpc) is 2.27. The van der Waals surface area contributed by atoms with E-state index in [0.29, 0.717) is 5.82 Å². The van der Waals surface area contributed by atoms with Crippen LogP contribution in [0.1, 0.15) is 37.6 Å². The minimum atomic E-state index is 0.695. The van der Waals surface area contributed by atoms with E-state index in [0.717, 1.165) is 25.0 Å². The molecular formula is C13H23N3. The first kappa shape index (κ1) is 12.8. The van der Waals surface area contributed by atoms with Crippen molar-refractivity contribution >= 4 is 11.5 Å². The lowest BCUT2D eigenvalue weighted by atomic mass is 10.00. The highest BCUT2D eigenvalue weighted by molar-refractivity contribution is 5.67. The summed E-state index contributed by atoms with van der Waals surface area (Å²) < 4.78 is 0. The fourth-order valence-electron chi connectivity index (χ4n) is 2.27. The molecule has 16 heavy (non-hydrogen) atoms. The maximum atomic E-state index is 6.03. The van der Waals surface area contributed by atoms with Crippen molar-refractivity contribution in [1.82, 2.24) is 4.98 Å². The summed E-state index contributed by atoms with van der Waals surface area (Å²) in [6, 6.07) is 0. The largest absolute Gasteiger partial charge is 0.383 e. The van der Waals surface area contributed by atoms with Crippen LogP contribution < -0.4 is 10.6 Å². The van der Waals surface area contributed by atoms with Crippen LogP contribution in [-0.2, 0) is 19.3 Å². The minimum absolute atomic E-state index is 0.695. The SMILES string of the molecule is CCc1nc(N)c(CC)c(N(C)C)c1CC. The third kappa shape index (κ3) is 2.13. The Morgan fingerprint density at radius 2 is 1.56 bits per heavy atom. The molecule has 1 heterocycles. The zero-order valence-corrected chi connectivity index (χ0v) is 11.1. The highest BCUT2D eigenvalue weighted by Crippen LogP contribution is 2.31. The molecule has 0 aromatic carbocycles. The normalized spacial score (nSPS) is 10.6. The van der Waals surface area contributed by atoms with Crippen molar-refractivity contribution in [2.45, 2.75) is 40.0 Å². The van der Waals surface area contributed by atoms with Gasteiger partial charge in [-0.1, -0.05) is 20.8 Å². The van der Waals surface area contributed by atoms with E-state index in [9.17, 15) is 0 Å². The summed E-state index contributed by atoms with van der Waals surface area (Å²) in [5.74, 6) is 0.695. The number of anilines is 2. The fourth-order valence-corrected chi connectivity index (χ4v) is 2.27. The molecule has 0 saturated carbocycles. The number of hydrogen-bond acceptors (Lipinski definition) is 3. The summed E-state index contributed by atoms with van der Waals surface area (Å²) in [4.78, 5) is 6.69. The second-order valence-corrected chi connectivity index (χ2v) is 4.20. The summed E-state index contributed by atoms with van der Waals surface area (Å²) >= 11 is 0. The van der Waals surface area contributed by atoms with Gasteiger partial charge in [0.25, 0.3) is 0 Å². The Morgan fingerprint density at radius 1 is 1.00 bits per heavy atom. The van der Waals surface area contributed by atoms with Crippen molar-refractivity contribution in [1.29, 1.82) is 0 Å². The van der Waals surface area contributed by atoms with E-state index in [4.69, 9.17) is 5.73 Å². The number of nitrogens with zero attached hydrogens (tertiary/aromatic N) is 2. The number of pyridine rings is 1. The van der Waals surface area contributed by atoms with Gasteiger partial charge in [-0.25, -0.2) is 4.98 Å². The van der Waals surface area contributed by atoms with Gasteiger partial charge in [0.15, 0.2) is 0 Å². The van der Waals surface area contributed by atoms with Gasteiger partial charge >= 0.3 is 0 Å². The molecule has 0 aliphatic carbocycles. The summed E-state index contributed by atoms with van der Waals surface area (Å²) in [6.07, 6.45) is 2.89. The third-order valence-corrected chi connectivity index (χ3v) is 2.97. The zero-order chi connectivity index (χ0) is 12.3. The molecule has 1 aromatic rings. The lowest BCUT2D eigenvalue weighted by Crippen LogP contribution is -2.18. The molecule has 0 bridgehead atoms. The first-order chi connectivity index (χ1) is 7.56. The number of rotatable bonds is 4. The Kier molecular flexibility index (Phi) is 4.16. The first-order valence-electron chi connectivity index (χ1n) is 6.04. The number of aromatic nitrogens is 1. The first-order valence-corrected chi connectivity index (χ1v) is 6.04. The molecule has 0 atom stereocenters. The smallest absolute Gasteiger partial charge is 0.128 e. The van der Waals surface area contributed by atoms with Gasteiger partial charge in [0.2, 0.25) is 0 Å². The van der Waals surface area contributed by atoms with E-state index in [1.807, 2.05) is 0 Å². The van der Waals surface area contributed by atoms with Gasteiger partial charge in [-0.2, -0.15) is 0 Å². The monoisotopic (exact) mass is 221 g/mol. The molecule has 0 aliphatic heterocycles. The van der Waals surface area contributed by atoms with E-state index in [-0.39, 0.29) is 0 Å². The van der Waals surface area contributed by atoms with Crippen molar-refractivity contribution < 1.29 is 0 Å². The summed E-state index contributed by atoms with van der Waals surface area (Å²) in [7, 11) is 4.15. The quantitative estimate of drug-likeness (QED) is 0.849. The number of aryl methyl sites for hydroxylation is 1. The topological polar surface area (TPSA) is 42.1 Å². The Balaban J connectivity index is 3.53. The van der Waals surface area contributed by atoms with Crippen LogP contribution in [-0.4, -0.2) is 19.1 Å². The summed E-state index contributed by atoms with van der Waals surface area (Å²) in [5, 5.41) is 0. The van der Waals surface area contributed by atoms with Crippen LogP contribution in [0.25, 0.3) is 0 Å². The van der Waals surface area contributed by atoms with Crippen LogP contribution in [0.4, 0.5) is 11.5 Å². The lowest BCUT2D eigenvalue weighted by Gasteiger charge is -2.23. The van der Waals surface area contributed by atoms with E-state index < -0.39 is 0 Å². The van der Waals surface area contributed by atoms with Gasteiger partial charge in [-0.05, 0) is 24.8 Å². The van der Waals surface area contributed by atoms with Crippen molar-refractivity contribution in [3.05, 3.63) is 16.8 Å². The van der Waals surface area contributed by atoms with Crippen molar-refractivity contribution in [3.63, 3.8) is 0 Å². The molecule has 1 aromatic heterocycles. The zero-order valence-electron chi connectivity index (χ0n) is 11.1. The highest BCUT2D eigenvalue weighted by Gasteiger charge is 2.16. The van der Waals surface area contributed by atoms with Crippen LogP contribution in [0, 0.1) is 0 Å². The molecule has 0 fully saturated rings. The van der Waals surface area contributed by atoms with Gasteiger partial charge in [-0.3, -0.25) is 0 Å². The second-order valence-electron chi connectivity index (χ2n) is 4.20. The van der Waals surface area contributed by atoms with Gasteiger partial charge < -0.3 is 10.6 Å². The van der Waals surface area contributed by atoms with Crippen molar-refractivity contribution in [2.75, 3.05) is 24.7 Å². The molecule has 1 rings (SSSR count). The van der Waals surface area contributed by atoms with Gasteiger partial charge in [0, 0.05) is 31.0 Å².